The second-order valence-corrected chi connectivity index (χ2v) is 5.75. The van der Waals surface area contributed by atoms with Gasteiger partial charge in [-0.1, -0.05) is 23.9 Å². The number of thioether (sulfide) groups is 1. The van der Waals surface area contributed by atoms with Crippen LogP contribution in [0.3, 0.4) is 0 Å². The molecule has 24 heavy (non-hydrogen) atoms. The first kappa shape index (κ1) is 17.5. The SMILES string of the molecule is COC(=O)c1ccccc1NC(=O)CCSc1nc(N)cc(N)n1. The number of aromatic nitrogens is 2. The normalized spacial score (nSPS) is 10.2. The standard InChI is InChI=1S/C15H17N5O3S/c1-23-14(22)9-4-2-3-5-10(9)18-13(21)6-7-24-15-19-11(16)8-12(17)20-15/h2-5,8H,6-7H2,1H3,(H,18,21)(H4,16,17,19,20). The van der Waals surface area contributed by atoms with Gasteiger partial charge in [-0.3, -0.25) is 4.79 Å². The fourth-order valence-electron chi connectivity index (χ4n) is 1.85. The van der Waals surface area contributed by atoms with E-state index in [2.05, 4.69) is 20.0 Å². The number of nitrogens with two attached hydrogens (primary N) is 2. The van der Waals surface area contributed by atoms with Crippen LogP contribution in [0.15, 0.2) is 35.5 Å². The molecular weight excluding hydrogens is 330 g/mol. The molecule has 0 bridgehead atoms. The van der Waals surface area contributed by atoms with Crippen molar-refractivity contribution in [2.75, 3.05) is 29.6 Å². The molecule has 0 unspecified atom stereocenters. The van der Waals surface area contributed by atoms with Gasteiger partial charge in [0.1, 0.15) is 11.6 Å². The molecule has 1 aromatic carbocycles. The first-order valence-corrected chi connectivity index (χ1v) is 7.98. The molecule has 126 valence electrons. The number of nitrogen functional groups attached to an aromatic ring is 2. The van der Waals surface area contributed by atoms with Gasteiger partial charge in [0.2, 0.25) is 5.91 Å². The van der Waals surface area contributed by atoms with Gasteiger partial charge >= 0.3 is 5.97 Å². The summed E-state index contributed by atoms with van der Waals surface area (Å²) < 4.78 is 4.69. The Morgan fingerprint density at radius 1 is 1.21 bits per heavy atom. The van der Waals surface area contributed by atoms with E-state index in [4.69, 9.17) is 11.5 Å². The molecule has 0 atom stereocenters. The molecule has 0 fully saturated rings. The van der Waals surface area contributed by atoms with Gasteiger partial charge in [-0.25, -0.2) is 14.8 Å². The van der Waals surface area contributed by atoms with Crippen molar-refractivity contribution in [2.45, 2.75) is 11.6 Å². The summed E-state index contributed by atoms with van der Waals surface area (Å²) in [5.41, 5.74) is 11.9. The second kappa shape index (κ2) is 8.16. The number of nitrogens with zero attached hydrogens (tertiary/aromatic N) is 2. The number of hydrogen-bond acceptors (Lipinski definition) is 8. The average molecular weight is 347 g/mol. The van der Waals surface area contributed by atoms with Crippen molar-refractivity contribution in [2.24, 2.45) is 0 Å². The van der Waals surface area contributed by atoms with Gasteiger partial charge in [-0.05, 0) is 12.1 Å². The first-order valence-electron chi connectivity index (χ1n) is 6.99. The topological polar surface area (TPSA) is 133 Å². The zero-order chi connectivity index (χ0) is 17.5. The number of methoxy groups -OCH3 is 1. The number of amides is 1. The Morgan fingerprint density at radius 3 is 2.54 bits per heavy atom. The number of anilines is 3. The van der Waals surface area contributed by atoms with Crippen molar-refractivity contribution in [1.29, 1.82) is 0 Å². The van der Waals surface area contributed by atoms with Crippen LogP contribution in [0.4, 0.5) is 17.3 Å². The van der Waals surface area contributed by atoms with Crippen molar-refractivity contribution in [3.8, 4) is 0 Å². The van der Waals surface area contributed by atoms with Crippen molar-refractivity contribution in [1.82, 2.24) is 9.97 Å². The lowest BCUT2D eigenvalue weighted by atomic mass is 10.2. The molecule has 8 nitrogen and oxygen atoms in total. The van der Waals surface area contributed by atoms with Gasteiger partial charge in [-0.15, -0.1) is 0 Å². The highest BCUT2D eigenvalue weighted by molar-refractivity contribution is 7.99. The van der Waals surface area contributed by atoms with E-state index in [-0.39, 0.29) is 24.0 Å². The summed E-state index contributed by atoms with van der Waals surface area (Å²) in [6, 6.07) is 8.10. The molecule has 9 heteroatoms. The molecular formula is C15H17N5O3S. The molecule has 0 aliphatic heterocycles. The minimum atomic E-state index is -0.510. The van der Waals surface area contributed by atoms with E-state index in [9.17, 15) is 9.59 Å². The van der Waals surface area contributed by atoms with Crippen LogP contribution in [0.2, 0.25) is 0 Å². The minimum Gasteiger partial charge on any atom is -0.465 e. The van der Waals surface area contributed by atoms with Crippen LogP contribution in [-0.4, -0.2) is 34.7 Å². The fraction of sp³-hybridized carbons (Fsp3) is 0.200. The molecule has 0 radical (unpaired) electrons. The van der Waals surface area contributed by atoms with Crippen LogP contribution >= 0.6 is 11.8 Å². The molecule has 0 aliphatic carbocycles. The van der Waals surface area contributed by atoms with Crippen molar-refractivity contribution in [3.05, 3.63) is 35.9 Å². The Hall–Kier alpha value is -2.81. The highest BCUT2D eigenvalue weighted by atomic mass is 32.2. The Labute approximate surface area is 143 Å². The molecule has 2 aromatic rings. The predicted octanol–water partition coefficient (Wildman–Crippen LogP) is 1.55. The largest absolute Gasteiger partial charge is 0.465 e. The van der Waals surface area contributed by atoms with Crippen molar-refractivity contribution in [3.63, 3.8) is 0 Å². The number of rotatable bonds is 6. The van der Waals surface area contributed by atoms with E-state index in [1.807, 2.05) is 0 Å². The molecule has 1 amide bonds. The molecule has 0 aliphatic rings. The fourth-order valence-corrected chi connectivity index (χ4v) is 2.66. The molecule has 0 spiro atoms. The van der Waals surface area contributed by atoms with Gasteiger partial charge in [0, 0.05) is 18.2 Å². The Bertz CT molecular complexity index is 733. The zero-order valence-corrected chi connectivity index (χ0v) is 13.8. The summed E-state index contributed by atoms with van der Waals surface area (Å²) in [4.78, 5) is 31.7. The highest BCUT2D eigenvalue weighted by Crippen LogP contribution is 2.19. The van der Waals surface area contributed by atoms with Crippen LogP contribution in [-0.2, 0) is 9.53 Å². The molecule has 0 saturated heterocycles. The summed E-state index contributed by atoms with van der Waals surface area (Å²) >= 11 is 1.27. The summed E-state index contributed by atoms with van der Waals surface area (Å²) in [6.07, 6.45) is 0.207. The number of esters is 1. The number of carbonyl (C=O) groups excluding carboxylic acids is 2. The third-order valence-electron chi connectivity index (χ3n) is 2.91. The van der Waals surface area contributed by atoms with Crippen LogP contribution < -0.4 is 16.8 Å². The Morgan fingerprint density at radius 2 is 1.88 bits per heavy atom. The van der Waals surface area contributed by atoms with E-state index in [1.165, 1.54) is 24.9 Å². The van der Waals surface area contributed by atoms with Gasteiger partial charge in [0.25, 0.3) is 0 Å². The summed E-state index contributed by atoms with van der Waals surface area (Å²) in [5.74, 6) is 0.248. The van der Waals surface area contributed by atoms with Crippen LogP contribution in [0.25, 0.3) is 0 Å². The van der Waals surface area contributed by atoms with Crippen LogP contribution in [0, 0.1) is 0 Å². The molecule has 5 N–H and O–H groups in total. The van der Waals surface area contributed by atoms with E-state index >= 15 is 0 Å². The van der Waals surface area contributed by atoms with E-state index in [0.29, 0.717) is 22.2 Å². The van der Waals surface area contributed by atoms with Crippen molar-refractivity contribution < 1.29 is 14.3 Å². The lowest BCUT2D eigenvalue weighted by Gasteiger charge is -2.09. The number of carbonyl (C=O) groups is 2. The van der Waals surface area contributed by atoms with E-state index in [0.717, 1.165) is 0 Å². The van der Waals surface area contributed by atoms with E-state index in [1.54, 1.807) is 24.3 Å². The molecule has 2 rings (SSSR count). The monoisotopic (exact) mass is 347 g/mol. The predicted molar refractivity (Wildman–Crippen MR) is 92.6 cm³/mol. The van der Waals surface area contributed by atoms with Crippen LogP contribution in [0.1, 0.15) is 16.8 Å². The quantitative estimate of drug-likeness (QED) is 0.407. The number of hydrogen-bond donors (Lipinski definition) is 3. The number of nitrogens with one attached hydrogen (secondary N) is 1. The van der Waals surface area contributed by atoms with Gasteiger partial charge < -0.3 is 21.5 Å². The number of ether oxygens (including phenoxy) is 1. The average Bonchev–Trinajstić information content (AvgIpc) is 2.53. The number of para-hydroxylation sites is 1. The van der Waals surface area contributed by atoms with Gasteiger partial charge in [-0.2, -0.15) is 0 Å². The minimum absolute atomic E-state index is 0.207. The third-order valence-corrected chi connectivity index (χ3v) is 3.76. The lowest BCUT2D eigenvalue weighted by Crippen LogP contribution is -2.15. The lowest BCUT2D eigenvalue weighted by molar-refractivity contribution is -0.115. The van der Waals surface area contributed by atoms with E-state index < -0.39 is 5.97 Å². The molecule has 1 heterocycles. The maximum Gasteiger partial charge on any atom is 0.339 e. The number of benzene rings is 1. The summed E-state index contributed by atoms with van der Waals surface area (Å²) in [5, 5.41) is 3.10. The molecule has 0 saturated carbocycles. The Balaban J connectivity index is 1.91. The van der Waals surface area contributed by atoms with Crippen molar-refractivity contribution >= 4 is 41.0 Å². The second-order valence-electron chi connectivity index (χ2n) is 4.68. The summed E-state index contributed by atoms with van der Waals surface area (Å²) in [7, 11) is 1.29. The summed E-state index contributed by atoms with van der Waals surface area (Å²) in [6.45, 7) is 0. The zero-order valence-electron chi connectivity index (χ0n) is 13.0. The molecule has 1 aromatic heterocycles. The maximum atomic E-state index is 12.0. The van der Waals surface area contributed by atoms with Gasteiger partial charge in [0.05, 0.1) is 18.4 Å². The van der Waals surface area contributed by atoms with Gasteiger partial charge in [0.15, 0.2) is 5.16 Å². The first-order chi connectivity index (χ1) is 11.5. The Kier molecular flexibility index (Phi) is 5.96. The third kappa shape index (κ3) is 4.85. The maximum absolute atomic E-state index is 12.0. The highest BCUT2D eigenvalue weighted by Gasteiger charge is 2.13. The smallest absolute Gasteiger partial charge is 0.339 e. The van der Waals surface area contributed by atoms with Crippen LogP contribution in [0.5, 0.6) is 0 Å².